The zero-order chi connectivity index (χ0) is 80.3. The molecule has 2 aliphatic heterocycles. The Bertz CT molecular complexity index is 3960. The first kappa shape index (κ1) is 87.1. The molecule has 588 valence electrons. The number of likely N-dealkylation sites (tertiary alicyclic amines) is 2. The fraction of sp³-hybridized carbons (Fsp3) is 0.403. The zero-order valence-electron chi connectivity index (χ0n) is 59.1. The third-order valence-electron chi connectivity index (χ3n) is 17.4. The van der Waals surface area contributed by atoms with Crippen LogP contribution in [0.3, 0.4) is 0 Å². The number of benzene rings is 6. The number of rotatable bonds is 18. The van der Waals surface area contributed by atoms with Gasteiger partial charge in [0.2, 0.25) is 11.8 Å². The minimum Gasteiger partial charge on any atom is -0.445 e. The molecule has 8 rings (SSSR count). The molecule has 2 aliphatic rings. The fourth-order valence-electron chi connectivity index (χ4n) is 12.0. The summed E-state index contributed by atoms with van der Waals surface area (Å²) in [6.45, 7) is 4.92. The number of ether oxygens (including phenoxy) is 5. The van der Waals surface area contributed by atoms with Crippen LogP contribution < -0.4 is 43.4 Å². The molecule has 2 heterocycles. The van der Waals surface area contributed by atoms with Crippen molar-refractivity contribution >= 4 is 65.4 Å². The standard InChI is InChI=1S/C38H43F6N5O7.C33H35F6N5O5.CH2Cl2/c1-24(26-18-28(37(39,40)41)20-29(19-26)38(42,43)44)55-23-36(27-14-10-7-11-15-27)17-16-35(30(50)45-5,46-31(51)47-48-32(52)56-34(2,3)4)22-49(36)33(53)54-21-25-12-8-6-9-13-25;1-21(23-15-25(32(34,35)36)17-26(16-23)33(37,38)39)49-20-31(24-11-7-4-8-12-24)14-13-30(27(45)41-2,42-28(46)43-40)19-44(31)29(47)48-18-22-9-5-3-6-10-22;2-1-3/h6-15,18-20,24H,16-17,21-23H2,1-5H3,(H,45,50)(H,48,52)(H2,46,47,51);3-12,15-17,21H,13-14,18-20,40H2,1-2H3,(H,41,45)(H2,42,43,46);1H2/t24-,35?,36-;21-,30?,31-;/m11./s1. The summed E-state index contributed by atoms with van der Waals surface area (Å²) in [6, 6.07) is 34.2. The molecule has 9 N–H and O–H groups in total. The van der Waals surface area contributed by atoms with Crippen molar-refractivity contribution in [3.63, 3.8) is 0 Å². The monoisotopic (exact) mass is 1570 g/mol. The third-order valence-corrected chi connectivity index (χ3v) is 17.4. The molecule has 6 aromatic rings. The molecule has 2 fully saturated rings. The highest BCUT2D eigenvalue weighted by Crippen LogP contribution is 2.47. The summed E-state index contributed by atoms with van der Waals surface area (Å²) in [5, 5.41) is 10.2. The molecule has 6 atom stereocenters. The van der Waals surface area contributed by atoms with E-state index in [1.165, 1.54) is 32.8 Å². The molecule has 2 saturated heterocycles. The summed E-state index contributed by atoms with van der Waals surface area (Å²) in [6.07, 6.45) is -26.5. The lowest BCUT2D eigenvalue weighted by molar-refractivity contribution is -0.145. The highest BCUT2D eigenvalue weighted by molar-refractivity contribution is 6.40. The average Bonchev–Trinajstić information content (AvgIpc) is 0.742. The minimum absolute atomic E-state index is 0.0117. The van der Waals surface area contributed by atoms with Crippen molar-refractivity contribution in [3.05, 3.63) is 213 Å². The van der Waals surface area contributed by atoms with Crippen molar-refractivity contribution in [2.75, 3.05) is 45.7 Å². The summed E-state index contributed by atoms with van der Waals surface area (Å²) in [4.78, 5) is 95.5. The molecule has 9 amide bonds. The van der Waals surface area contributed by atoms with Gasteiger partial charge in [-0.05, 0) is 130 Å². The van der Waals surface area contributed by atoms with Crippen LogP contribution in [0.4, 0.5) is 76.7 Å². The minimum atomic E-state index is -5.10. The maximum Gasteiger partial charge on any atom is 0.426 e. The Balaban J connectivity index is 0.000000329. The number of nitrogens with zero attached hydrogens (tertiary/aromatic N) is 2. The SMILES string of the molecule is CNC(=O)C1(NC(=O)NN)CC[C@@](CO[C@H](C)c2cc(C(F)(F)F)cc(C(F)(F)F)c2)(c2ccccc2)N(C(=O)OCc2ccccc2)C1.CNC(=O)C1(NC(=O)NNC(=O)OC(C)(C)C)CC[C@@](CO[C@H](C)c2cc(C(F)(F)F)cc(C(F)(F)F)c2)(c2ccccc2)N(C(=O)OCc2ccccc2)C1.ClCCl. The molecule has 2 unspecified atom stereocenters. The van der Waals surface area contributed by atoms with Crippen molar-refractivity contribution < 1.29 is 110 Å². The Morgan fingerprint density at radius 2 is 0.796 bits per heavy atom. The molecule has 0 radical (unpaired) electrons. The number of halogens is 14. The van der Waals surface area contributed by atoms with E-state index in [4.69, 9.17) is 52.7 Å². The van der Waals surface area contributed by atoms with E-state index >= 15 is 0 Å². The van der Waals surface area contributed by atoms with Gasteiger partial charge in [0.15, 0.2) is 0 Å². The number of nitrogens with one attached hydrogen (secondary N) is 7. The number of likely N-dealkylation sites (N-methyl/N-ethyl adjacent to an activating group) is 2. The maximum absolute atomic E-state index is 14.3. The van der Waals surface area contributed by atoms with Gasteiger partial charge in [-0.3, -0.25) is 24.8 Å². The van der Waals surface area contributed by atoms with Gasteiger partial charge in [0, 0.05) is 14.1 Å². The largest absolute Gasteiger partial charge is 0.445 e. The Kier molecular flexibility index (Phi) is 29.8. The number of piperidine rings is 2. The van der Waals surface area contributed by atoms with Crippen molar-refractivity contribution in [2.24, 2.45) is 5.84 Å². The van der Waals surface area contributed by atoms with E-state index in [0.29, 0.717) is 46.5 Å². The van der Waals surface area contributed by atoms with Crippen LogP contribution in [-0.4, -0.2) is 114 Å². The number of carbonyl (C=O) groups excluding carboxylic acids is 7. The summed E-state index contributed by atoms with van der Waals surface area (Å²) in [5.41, 5.74) is -6.28. The van der Waals surface area contributed by atoms with Crippen LogP contribution in [-0.2, 0) is 82.3 Å². The number of amides is 9. The van der Waals surface area contributed by atoms with Crippen molar-refractivity contribution in [2.45, 2.75) is 138 Å². The smallest absolute Gasteiger partial charge is 0.426 e. The number of alkyl halides is 14. The van der Waals surface area contributed by atoms with Gasteiger partial charge >= 0.3 is 55.0 Å². The van der Waals surface area contributed by atoms with E-state index in [1.807, 2.05) is 5.43 Å². The summed E-state index contributed by atoms with van der Waals surface area (Å²) in [5.74, 6) is 3.88. The van der Waals surface area contributed by atoms with Crippen LogP contribution in [0.1, 0.15) is 128 Å². The first-order valence-corrected chi connectivity index (χ1v) is 33.9. The van der Waals surface area contributed by atoms with Gasteiger partial charge in [-0.1, -0.05) is 121 Å². The summed E-state index contributed by atoms with van der Waals surface area (Å²) in [7, 11) is 2.63. The second-order valence-electron chi connectivity index (χ2n) is 25.9. The van der Waals surface area contributed by atoms with Gasteiger partial charge in [-0.15, -0.1) is 23.2 Å². The van der Waals surface area contributed by atoms with Crippen LogP contribution in [0.2, 0.25) is 0 Å². The van der Waals surface area contributed by atoms with Crippen LogP contribution in [0.15, 0.2) is 158 Å². The van der Waals surface area contributed by atoms with Gasteiger partial charge in [0.05, 0.1) is 77.2 Å². The number of hydrazine groups is 2. The predicted molar refractivity (Wildman–Crippen MR) is 370 cm³/mol. The normalized spacial score (nSPS) is 19.4. The molecule has 22 nitrogen and oxygen atoms in total. The van der Waals surface area contributed by atoms with Crippen LogP contribution >= 0.6 is 23.2 Å². The molecule has 0 aromatic heterocycles. The van der Waals surface area contributed by atoms with Gasteiger partial charge in [0.1, 0.15) is 29.9 Å². The molecule has 0 aliphatic carbocycles. The quantitative estimate of drug-likeness (QED) is 0.00994. The second-order valence-corrected chi connectivity index (χ2v) is 26.7. The number of carbonyl (C=O) groups is 7. The Labute approximate surface area is 623 Å². The van der Waals surface area contributed by atoms with Crippen LogP contribution in [0, 0.1) is 0 Å². The average molecular weight is 1580 g/mol. The molecule has 108 heavy (non-hydrogen) atoms. The first-order chi connectivity index (χ1) is 50.5. The molecule has 0 bridgehead atoms. The van der Waals surface area contributed by atoms with Gasteiger partial charge in [0.25, 0.3) is 0 Å². The van der Waals surface area contributed by atoms with Crippen molar-refractivity contribution in [1.29, 1.82) is 0 Å². The lowest BCUT2D eigenvalue weighted by Gasteiger charge is -2.52. The molecule has 36 heteroatoms. The van der Waals surface area contributed by atoms with Crippen molar-refractivity contribution in [1.82, 2.24) is 47.3 Å². The van der Waals surface area contributed by atoms with E-state index in [2.05, 4.69) is 32.1 Å². The summed E-state index contributed by atoms with van der Waals surface area (Å²) >= 11 is 9.53. The van der Waals surface area contributed by atoms with E-state index in [-0.39, 0.29) is 56.4 Å². The molecular weight excluding hydrogens is 1500 g/mol. The van der Waals surface area contributed by atoms with Gasteiger partial charge < -0.3 is 45.0 Å². The highest BCUT2D eigenvalue weighted by Gasteiger charge is 2.58. The lowest BCUT2D eigenvalue weighted by Crippen LogP contribution is -2.72. The molecular formula is C72H80Cl2F12N10O12. The van der Waals surface area contributed by atoms with Crippen LogP contribution in [0.5, 0.6) is 0 Å². The van der Waals surface area contributed by atoms with E-state index in [0.717, 1.165) is 4.90 Å². The number of hydrogen-bond donors (Lipinski definition) is 8. The lowest BCUT2D eigenvalue weighted by atomic mass is 9.74. The number of hydrogen-bond acceptors (Lipinski definition) is 13. The summed E-state index contributed by atoms with van der Waals surface area (Å²) < 4.78 is 193. The Morgan fingerprint density at radius 1 is 0.481 bits per heavy atom. The fourth-order valence-corrected chi connectivity index (χ4v) is 12.0. The second kappa shape index (κ2) is 36.9. The van der Waals surface area contributed by atoms with E-state index in [1.54, 1.807) is 142 Å². The Morgan fingerprint density at radius 3 is 1.09 bits per heavy atom. The number of nitrogens with two attached hydrogens (primary N) is 1. The first-order valence-electron chi connectivity index (χ1n) is 32.9. The topological polar surface area (TPSA) is 282 Å². The Hall–Kier alpha value is -9.77. The van der Waals surface area contributed by atoms with Gasteiger partial charge in [-0.2, -0.15) is 52.7 Å². The van der Waals surface area contributed by atoms with Gasteiger partial charge in [-0.25, -0.2) is 40.7 Å². The third kappa shape index (κ3) is 23.1. The molecule has 6 aromatic carbocycles. The number of urea groups is 2. The van der Waals surface area contributed by atoms with Crippen LogP contribution in [0.25, 0.3) is 0 Å². The predicted octanol–water partition coefficient (Wildman–Crippen LogP) is 14.6. The highest BCUT2D eigenvalue weighted by atomic mass is 35.5. The molecule has 0 spiro atoms. The van der Waals surface area contributed by atoms with Crippen molar-refractivity contribution in [3.8, 4) is 0 Å². The van der Waals surface area contributed by atoms with E-state index in [9.17, 15) is 86.2 Å². The molecule has 0 saturated carbocycles. The zero-order valence-corrected chi connectivity index (χ0v) is 60.6. The maximum atomic E-state index is 14.3. The van der Waals surface area contributed by atoms with E-state index < -0.39 is 167 Å².